The third-order valence-corrected chi connectivity index (χ3v) is 3.13. The van der Waals surface area contributed by atoms with Crippen molar-refractivity contribution in [3.8, 4) is 12.3 Å². The molecule has 1 unspecified atom stereocenters. The van der Waals surface area contributed by atoms with Gasteiger partial charge < -0.3 is 9.80 Å². The molecule has 1 aliphatic heterocycles. The maximum Gasteiger partial charge on any atom is 0.236 e. The molecule has 1 N–H and O–H groups in total. The van der Waals surface area contributed by atoms with Gasteiger partial charge in [0, 0.05) is 26.2 Å². The molecule has 1 amide bonds. The van der Waals surface area contributed by atoms with Crippen molar-refractivity contribution in [2.45, 2.75) is 25.8 Å². The number of hydrogen-bond acceptors (Lipinski definition) is 3. The maximum atomic E-state index is 11.9. The number of terminal acetylenes is 1. The zero-order valence-corrected chi connectivity index (χ0v) is 10.9. The highest BCUT2D eigenvalue weighted by atomic mass is 16.2. The number of nitrogens with zero attached hydrogens (tertiary/aromatic N) is 2. The average molecular weight is 237 g/mol. The highest BCUT2D eigenvalue weighted by molar-refractivity contribution is 5.78. The number of hydrogen-bond donors (Lipinski definition) is 1. The van der Waals surface area contributed by atoms with Gasteiger partial charge in [0.2, 0.25) is 5.91 Å². The molecular weight excluding hydrogens is 214 g/mol. The van der Waals surface area contributed by atoms with Crippen molar-refractivity contribution in [2.24, 2.45) is 0 Å². The fraction of sp³-hybridized carbons (Fsp3) is 0.769. The molecule has 0 aromatic rings. The lowest BCUT2D eigenvalue weighted by atomic mass is 10.2. The topological polar surface area (TPSA) is 35.6 Å². The van der Waals surface area contributed by atoms with Crippen molar-refractivity contribution in [3.63, 3.8) is 0 Å². The van der Waals surface area contributed by atoms with Crippen LogP contribution in [0.25, 0.3) is 0 Å². The molecule has 1 aliphatic rings. The van der Waals surface area contributed by atoms with Crippen molar-refractivity contribution in [1.82, 2.24) is 15.1 Å². The van der Waals surface area contributed by atoms with Crippen LogP contribution in [0.5, 0.6) is 0 Å². The van der Waals surface area contributed by atoms with Gasteiger partial charge in [-0.05, 0) is 13.5 Å². The van der Waals surface area contributed by atoms with E-state index in [0.717, 1.165) is 39.0 Å². The lowest BCUT2D eigenvalue weighted by Gasteiger charge is -2.32. The predicted octanol–water partition coefficient (Wildman–Crippen LogP) is 0.152. The van der Waals surface area contributed by atoms with Crippen molar-refractivity contribution in [2.75, 3.05) is 39.8 Å². The van der Waals surface area contributed by atoms with Crippen LogP contribution in [0.2, 0.25) is 0 Å². The van der Waals surface area contributed by atoms with Gasteiger partial charge in [-0.15, -0.1) is 6.42 Å². The lowest BCUT2D eigenvalue weighted by Crippen LogP contribution is -2.50. The summed E-state index contributed by atoms with van der Waals surface area (Å²) in [4.78, 5) is 16.0. The number of carbonyl (C=O) groups excluding carboxylic acids is 1. The highest BCUT2D eigenvalue weighted by Crippen LogP contribution is 2.00. The fourth-order valence-corrected chi connectivity index (χ4v) is 1.91. The van der Waals surface area contributed by atoms with Gasteiger partial charge in [0.1, 0.15) is 0 Å². The highest BCUT2D eigenvalue weighted by Gasteiger charge is 2.19. The minimum absolute atomic E-state index is 0.0245. The molecule has 0 radical (unpaired) electrons. The van der Waals surface area contributed by atoms with E-state index in [1.807, 2.05) is 4.90 Å². The summed E-state index contributed by atoms with van der Waals surface area (Å²) in [5.41, 5.74) is 0. The maximum absolute atomic E-state index is 11.9. The first-order valence-corrected chi connectivity index (χ1v) is 6.33. The second-order valence-electron chi connectivity index (χ2n) is 4.57. The number of amides is 1. The number of carbonyl (C=O) groups is 1. The summed E-state index contributed by atoms with van der Waals surface area (Å²) >= 11 is 0. The molecule has 0 aromatic carbocycles. The predicted molar refractivity (Wildman–Crippen MR) is 69.6 cm³/mol. The van der Waals surface area contributed by atoms with E-state index in [1.165, 1.54) is 0 Å². The van der Waals surface area contributed by atoms with Gasteiger partial charge in [-0.3, -0.25) is 10.1 Å². The number of piperazine rings is 1. The molecule has 96 valence electrons. The molecule has 17 heavy (non-hydrogen) atoms. The summed E-state index contributed by atoms with van der Waals surface area (Å²) in [5, 5.41) is 3.14. The third-order valence-electron chi connectivity index (χ3n) is 3.13. The van der Waals surface area contributed by atoms with E-state index in [-0.39, 0.29) is 11.9 Å². The molecule has 0 bridgehead atoms. The van der Waals surface area contributed by atoms with Crippen LogP contribution in [0.15, 0.2) is 0 Å². The largest absolute Gasteiger partial charge is 0.339 e. The third kappa shape index (κ3) is 4.76. The van der Waals surface area contributed by atoms with Crippen LogP contribution in [-0.4, -0.2) is 61.5 Å². The Balaban J connectivity index is 2.27. The van der Waals surface area contributed by atoms with Gasteiger partial charge in [0.15, 0.2) is 0 Å². The Morgan fingerprint density at radius 3 is 2.59 bits per heavy atom. The number of likely N-dealkylation sites (N-methyl/N-ethyl adjacent to an activating group) is 1. The van der Waals surface area contributed by atoms with Gasteiger partial charge in [0.25, 0.3) is 0 Å². The minimum Gasteiger partial charge on any atom is -0.339 e. The van der Waals surface area contributed by atoms with Crippen molar-refractivity contribution in [3.05, 3.63) is 0 Å². The van der Waals surface area contributed by atoms with Gasteiger partial charge in [0.05, 0.1) is 12.6 Å². The van der Waals surface area contributed by atoms with E-state index in [2.05, 4.69) is 30.1 Å². The molecule has 1 rings (SSSR count). The molecule has 4 nitrogen and oxygen atoms in total. The summed E-state index contributed by atoms with van der Waals surface area (Å²) < 4.78 is 0. The molecule has 0 aromatic heterocycles. The van der Waals surface area contributed by atoms with E-state index in [1.54, 1.807) is 0 Å². The van der Waals surface area contributed by atoms with E-state index in [9.17, 15) is 4.79 Å². The number of rotatable bonds is 5. The van der Waals surface area contributed by atoms with E-state index in [4.69, 9.17) is 6.42 Å². The van der Waals surface area contributed by atoms with Gasteiger partial charge in [-0.2, -0.15) is 0 Å². The monoisotopic (exact) mass is 237 g/mol. The van der Waals surface area contributed by atoms with Crippen LogP contribution < -0.4 is 5.32 Å². The second-order valence-corrected chi connectivity index (χ2v) is 4.57. The SMILES string of the molecule is C#CC(CCC)NCC(=O)N1CCN(C)CC1. The van der Waals surface area contributed by atoms with Crippen molar-refractivity contribution in [1.29, 1.82) is 0 Å². The van der Waals surface area contributed by atoms with Gasteiger partial charge in [-0.25, -0.2) is 0 Å². The fourth-order valence-electron chi connectivity index (χ4n) is 1.91. The average Bonchev–Trinajstić information content (AvgIpc) is 2.35. The van der Waals surface area contributed by atoms with Crippen LogP contribution in [0.1, 0.15) is 19.8 Å². The Hall–Kier alpha value is -1.05. The van der Waals surface area contributed by atoms with Crippen LogP contribution in [0, 0.1) is 12.3 Å². The summed E-state index contributed by atoms with van der Waals surface area (Å²) in [5.74, 6) is 2.84. The molecule has 1 saturated heterocycles. The lowest BCUT2D eigenvalue weighted by molar-refractivity contribution is -0.131. The molecular formula is C13H23N3O. The van der Waals surface area contributed by atoms with Gasteiger partial charge >= 0.3 is 0 Å². The van der Waals surface area contributed by atoms with Crippen molar-refractivity contribution >= 4 is 5.91 Å². The molecule has 0 saturated carbocycles. The van der Waals surface area contributed by atoms with Crippen LogP contribution in [-0.2, 0) is 4.79 Å². The van der Waals surface area contributed by atoms with Crippen LogP contribution in [0.4, 0.5) is 0 Å². The normalized spacial score (nSPS) is 18.8. The Bertz CT molecular complexity index is 277. The zero-order valence-electron chi connectivity index (χ0n) is 10.9. The molecule has 1 atom stereocenters. The molecule has 0 spiro atoms. The second kappa shape index (κ2) is 7.31. The van der Waals surface area contributed by atoms with Crippen LogP contribution >= 0.6 is 0 Å². The summed E-state index contributed by atoms with van der Waals surface area (Å²) in [6.07, 6.45) is 7.35. The standard InChI is InChI=1S/C13H23N3O/c1-4-6-12(5-2)14-11-13(17)16-9-7-15(3)8-10-16/h2,12,14H,4,6-11H2,1,3H3. The van der Waals surface area contributed by atoms with Crippen LogP contribution in [0.3, 0.4) is 0 Å². The smallest absolute Gasteiger partial charge is 0.236 e. The van der Waals surface area contributed by atoms with E-state index < -0.39 is 0 Å². The molecule has 0 aliphatic carbocycles. The quantitative estimate of drug-likeness (QED) is 0.692. The summed E-state index contributed by atoms with van der Waals surface area (Å²) in [6.45, 7) is 6.02. The minimum atomic E-state index is 0.0245. The zero-order chi connectivity index (χ0) is 12.7. The molecule has 1 heterocycles. The van der Waals surface area contributed by atoms with Crippen molar-refractivity contribution < 1.29 is 4.79 Å². The first kappa shape index (κ1) is 14.0. The Morgan fingerprint density at radius 2 is 2.06 bits per heavy atom. The van der Waals surface area contributed by atoms with E-state index >= 15 is 0 Å². The Labute approximate surface area is 104 Å². The first-order chi connectivity index (χ1) is 8.17. The number of nitrogens with one attached hydrogen (secondary N) is 1. The summed E-state index contributed by atoms with van der Waals surface area (Å²) in [6, 6.07) is 0.0245. The molecule has 1 fully saturated rings. The Morgan fingerprint density at radius 1 is 1.41 bits per heavy atom. The Kier molecular flexibility index (Phi) is 6.03. The first-order valence-electron chi connectivity index (χ1n) is 6.33. The van der Waals surface area contributed by atoms with Gasteiger partial charge in [-0.1, -0.05) is 19.3 Å². The van der Waals surface area contributed by atoms with E-state index in [0.29, 0.717) is 6.54 Å². The summed E-state index contributed by atoms with van der Waals surface area (Å²) in [7, 11) is 2.08. The molecule has 4 heteroatoms.